The predicted molar refractivity (Wildman–Crippen MR) is 83.4 cm³/mol. The van der Waals surface area contributed by atoms with Gasteiger partial charge in [-0.15, -0.1) is 11.3 Å². The molecule has 0 saturated heterocycles. The summed E-state index contributed by atoms with van der Waals surface area (Å²) in [5.41, 5.74) is 8.07. The molecular formula is C14H12N4S2. The number of nitrogens with one attached hydrogen (secondary N) is 1. The molecule has 0 unspecified atom stereocenters. The number of benzene rings is 1. The number of hydrogen-bond donors (Lipinski definition) is 2. The number of fused-ring (bicyclic) bond motifs is 2. The van der Waals surface area contributed by atoms with Gasteiger partial charge in [-0.25, -0.2) is 4.98 Å². The average molecular weight is 300 g/mol. The highest BCUT2D eigenvalue weighted by atomic mass is 32.2. The lowest BCUT2D eigenvalue weighted by atomic mass is 10.3. The van der Waals surface area contributed by atoms with E-state index in [4.69, 9.17) is 5.73 Å². The first-order valence-electron chi connectivity index (χ1n) is 6.25. The Morgan fingerprint density at radius 3 is 3.10 bits per heavy atom. The maximum atomic E-state index is 5.87. The SMILES string of the molecule is NCc1c(Sc2cc3ccccc3[nH]2)nc2sccn12. The van der Waals surface area contributed by atoms with Crippen molar-refractivity contribution in [3.63, 3.8) is 0 Å². The monoisotopic (exact) mass is 300 g/mol. The van der Waals surface area contributed by atoms with Crippen LogP contribution in [0.3, 0.4) is 0 Å². The van der Waals surface area contributed by atoms with Crippen molar-refractivity contribution < 1.29 is 0 Å². The highest BCUT2D eigenvalue weighted by molar-refractivity contribution is 7.99. The molecule has 3 heterocycles. The van der Waals surface area contributed by atoms with Crippen molar-refractivity contribution in [2.45, 2.75) is 16.6 Å². The van der Waals surface area contributed by atoms with Gasteiger partial charge in [0.25, 0.3) is 0 Å². The molecule has 3 aromatic heterocycles. The normalized spacial score (nSPS) is 11.7. The van der Waals surface area contributed by atoms with Gasteiger partial charge in [-0.1, -0.05) is 30.0 Å². The first kappa shape index (κ1) is 12.0. The second-order valence-corrected chi connectivity index (χ2v) is 6.35. The Morgan fingerprint density at radius 1 is 1.35 bits per heavy atom. The number of nitrogens with two attached hydrogens (primary N) is 1. The maximum Gasteiger partial charge on any atom is 0.194 e. The highest BCUT2D eigenvalue weighted by Crippen LogP contribution is 2.32. The summed E-state index contributed by atoms with van der Waals surface area (Å²) in [7, 11) is 0. The molecule has 0 amide bonds. The number of imidazole rings is 1. The van der Waals surface area contributed by atoms with Crippen molar-refractivity contribution >= 4 is 39.0 Å². The summed E-state index contributed by atoms with van der Waals surface area (Å²) < 4.78 is 2.07. The number of aromatic amines is 1. The third-order valence-electron chi connectivity index (χ3n) is 3.23. The van der Waals surface area contributed by atoms with E-state index in [1.165, 1.54) is 5.39 Å². The van der Waals surface area contributed by atoms with Gasteiger partial charge in [-0.05, 0) is 12.1 Å². The molecule has 1 aromatic carbocycles. The van der Waals surface area contributed by atoms with Gasteiger partial charge in [0.2, 0.25) is 0 Å². The van der Waals surface area contributed by atoms with Gasteiger partial charge < -0.3 is 10.7 Å². The average Bonchev–Trinajstić information content (AvgIpc) is 3.11. The quantitative estimate of drug-likeness (QED) is 0.609. The van der Waals surface area contributed by atoms with Crippen molar-refractivity contribution in [2.24, 2.45) is 5.73 Å². The Balaban J connectivity index is 1.77. The predicted octanol–water partition coefficient (Wildman–Crippen LogP) is 3.49. The van der Waals surface area contributed by atoms with Gasteiger partial charge in [0.1, 0.15) is 5.03 Å². The molecular weight excluding hydrogens is 288 g/mol. The Hall–Kier alpha value is -1.76. The Bertz CT molecular complexity index is 854. The van der Waals surface area contributed by atoms with Crippen LogP contribution in [0, 0.1) is 0 Å². The van der Waals surface area contributed by atoms with Crippen LogP contribution in [0.25, 0.3) is 15.9 Å². The third-order valence-corrected chi connectivity index (χ3v) is 4.95. The minimum Gasteiger partial charge on any atom is -0.349 e. The minimum absolute atomic E-state index is 0.487. The number of hydrogen-bond acceptors (Lipinski definition) is 4. The molecule has 6 heteroatoms. The molecule has 100 valence electrons. The van der Waals surface area contributed by atoms with E-state index in [0.29, 0.717) is 6.54 Å². The second-order valence-electron chi connectivity index (χ2n) is 4.45. The molecule has 3 N–H and O–H groups in total. The van der Waals surface area contributed by atoms with E-state index < -0.39 is 0 Å². The molecule has 20 heavy (non-hydrogen) atoms. The van der Waals surface area contributed by atoms with Crippen LogP contribution >= 0.6 is 23.1 Å². The molecule has 0 bridgehead atoms. The third kappa shape index (κ3) is 1.84. The van der Waals surface area contributed by atoms with Crippen molar-refractivity contribution in [1.82, 2.24) is 14.4 Å². The molecule has 4 rings (SSSR count). The van der Waals surface area contributed by atoms with Gasteiger partial charge in [0, 0.05) is 29.0 Å². The summed E-state index contributed by atoms with van der Waals surface area (Å²) in [6, 6.07) is 10.4. The van der Waals surface area contributed by atoms with Crippen LogP contribution < -0.4 is 5.73 Å². The summed E-state index contributed by atoms with van der Waals surface area (Å²) >= 11 is 3.26. The molecule has 0 radical (unpaired) electrons. The molecule has 4 nitrogen and oxygen atoms in total. The number of H-pyrrole nitrogens is 1. The summed E-state index contributed by atoms with van der Waals surface area (Å²) in [4.78, 5) is 9.05. The van der Waals surface area contributed by atoms with E-state index in [0.717, 1.165) is 26.2 Å². The number of nitrogens with zero attached hydrogens (tertiary/aromatic N) is 2. The fraction of sp³-hybridized carbons (Fsp3) is 0.0714. The van der Waals surface area contributed by atoms with E-state index in [2.05, 4.69) is 32.6 Å². The minimum atomic E-state index is 0.487. The first-order valence-corrected chi connectivity index (χ1v) is 7.95. The van der Waals surface area contributed by atoms with Crippen LogP contribution in [-0.2, 0) is 6.54 Å². The van der Waals surface area contributed by atoms with E-state index >= 15 is 0 Å². The van der Waals surface area contributed by atoms with Gasteiger partial charge in [-0.3, -0.25) is 4.40 Å². The van der Waals surface area contributed by atoms with Crippen molar-refractivity contribution in [3.8, 4) is 0 Å². The number of aromatic nitrogens is 3. The fourth-order valence-electron chi connectivity index (χ4n) is 2.29. The number of thiazole rings is 1. The second kappa shape index (κ2) is 4.66. The Kier molecular flexibility index (Phi) is 2.80. The Labute approximate surface area is 123 Å². The summed E-state index contributed by atoms with van der Waals surface area (Å²) in [6.07, 6.45) is 2.02. The van der Waals surface area contributed by atoms with Crippen molar-refractivity contribution in [2.75, 3.05) is 0 Å². The lowest BCUT2D eigenvalue weighted by Crippen LogP contribution is -2.00. The van der Waals surface area contributed by atoms with Crippen molar-refractivity contribution in [3.05, 3.63) is 47.6 Å². The topological polar surface area (TPSA) is 59.1 Å². The van der Waals surface area contributed by atoms with E-state index in [9.17, 15) is 0 Å². The van der Waals surface area contributed by atoms with Crippen LogP contribution in [0.1, 0.15) is 5.69 Å². The summed E-state index contributed by atoms with van der Waals surface area (Å²) in [5.74, 6) is 0. The maximum absolute atomic E-state index is 5.87. The molecule has 0 fully saturated rings. The molecule has 0 aliphatic rings. The lowest BCUT2D eigenvalue weighted by Gasteiger charge is -1.98. The molecule has 4 aromatic rings. The highest BCUT2D eigenvalue weighted by Gasteiger charge is 2.14. The van der Waals surface area contributed by atoms with Crippen LogP contribution in [0.2, 0.25) is 0 Å². The van der Waals surface area contributed by atoms with E-state index in [-0.39, 0.29) is 0 Å². The van der Waals surface area contributed by atoms with Gasteiger partial charge in [0.15, 0.2) is 4.96 Å². The molecule has 0 aliphatic heterocycles. The van der Waals surface area contributed by atoms with Gasteiger partial charge >= 0.3 is 0 Å². The van der Waals surface area contributed by atoms with Crippen LogP contribution in [0.5, 0.6) is 0 Å². The summed E-state index contributed by atoms with van der Waals surface area (Å²) in [5, 5.41) is 5.31. The van der Waals surface area contributed by atoms with Crippen molar-refractivity contribution in [1.29, 1.82) is 0 Å². The van der Waals surface area contributed by atoms with Gasteiger partial charge in [-0.2, -0.15) is 0 Å². The molecule has 0 spiro atoms. The fourth-order valence-corrected chi connectivity index (χ4v) is 4.06. The summed E-state index contributed by atoms with van der Waals surface area (Å²) in [6.45, 7) is 0.487. The van der Waals surface area contributed by atoms with Crippen LogP contribution in [-0.4, -0.2) is 14.4 Å². The molecule has 0 aliphatic carbocycles. The number of rotatable bonds is 3. The zero-order chi connectivity index (χ0) is 13.5. The van der Waals surface area contributed by atoms with E-state index in [1.807, 2.05) is 23.7 Å². The van der Waals surface area contributed by atoms with Crippen LogP contribution in [0.15, 0.2) is 52.0 Å². The first-order chi connectivity index (χ1) is 9.85. The Morgan fingerprint density at radius 2 is 2.25 bits per heavy atom. The van der Waals surface area contributed by atoms with Gasteiger partial charge in [0.05, 0.1) is 10.7 Å². The molecule has 0 atom stereocenters. The largest absolute Gasteiger partial charge is 0.349 e. The molecule has 0 saturated carbocycles. The van der Waals surface area contributed by atoms with E-state index in [1.54, 1.807) is 23.1 Å². The zero-order valence-corrected chi connectivity index (χ0v) is 12.2. The van der Waals surface area contributed by atoms with Crippen LogP contribution in [0.4, 0.5) is 0 Å². The zero-order valence-electron chi connectivity index (χ0n) is 10.5. The smallest absolute Gasteiger partial charge is 0.194 e. The standard InChI is InChI=1S/C14H12N4S2/c15-8-11-13(17-14-18(11)5-6-19-14)20-12-7-9-3-1-2-4-10(9)16-12/h1-7,16H,8,15H2. The lowest BCUT2D eigenvalue weighted by molar-refractivity contribution is 0.924. The number of para-hydroxylation sites is 1.